The van der Waals surface area contributed by atoms with Gasteiger partial charge in [0.05, 0.1) is 16.1 Å². The number of hydrazine groups is 1. The molecule has 0 spiro atoms. The largest absolute Gasteiger partial charge is 0.351 e. The summed E-state index contributed by atoms with van der Waals surface area (Å²) in [7, 11) is 0. The van der Waals surface area contributed by atoms with E-state index in [0.717, 1.165) is 11.3 Å². The van der Waals surface area contributed by atoms with E-state index in [1.807, 2.05) is 72.1 Å². The highest BCUT2D eigenvalue weighted by molar-refractivity contribution is 7.12. The fourth-order valence-electron chi connectivity index (χ4n) is 3.26. The standard InChI is InChI=1S/C25H23N5O3S/c31-22(14-7-15-26-25(33)21-13-8-16-34-21)27-28-24(32)20-17-30(19-11-5-2-6-12-19)29-23(20)18-9-3-1-4-10-18/h1-6,8-13,16-17H,7,14-15H2,(H,26,33)(H,27,31)(H,28,32). The maximum Gasteiger partial charge on any atom is 0.273 e. The van der Waals surface area contributed by atoms with E-state index in [1.54, 1.807) is 16.9 Å². The van der Waals surface area contributed by atoms with E-state index in [9.17, 15) is 14.4 Å². The number of aromatic nitrogens is 2. The molecule has 4 aromatic rings. The Morgan fingerprint density at radius 3 is 2.29 bits per heavy atom. The van der Waals surface area contributed by atoms with Crippen LogP contribution in [0.2, 0.25) is 0 Å². The third-order valence-electron chi connectivity index (χ3n) is 4.95. The van der Waals surface area contributed by atoms with Crippen molar-refractivity contribution in [2.75, 3.05) is 6.54 Å². The molecule has 0 radical (unpaired) electrons. The summed E-state index contributed by atoms with van der Waals surface area (Å²) < 4.78 is 1.63. The topological polar surface area (TPSA) is 105 Å². The molecule has 0 unspecified atom stereocenters. The number of amides is 3. The molecular formula is C25H23N5O3S. The Bertz CT molecular complexity index is 1250. The van der Waals surface area contributed by atoms with Crippen LogP contribution in [0.25, 0.3) is 16.9 Å². The van der Waals surface area contributed by atoms with Crippen LogP contribution in [0.3, 0.4) is 0 Å². The fourth-order valence-corrected chi connectivity index (χ4v) is 3.90. The Kier molecular flexibility index (Phi) is 7.46. The minimum Gasteiger partial charge on any atom is -0.351 e. The molecule has 2 heterocycles. The molecule has 8 nitrogen and oxygen atoms in total. The summed E-state index contributed by atoms with van der Waals surface area (Å²) >= 11 is 1.36. The van der Waals surface area contributed by atoms with E-state index in [-0.39, 0.29) is 18.2 Å². The summed E-state index contributed by atoms with van der Waals surface area (Å²) in [5, 5.41) is 9.20. The highest BCUT2D eigenvalue weighted by atomic mass is 32.1. The predicted octanol–water partition coefficient (Wildman–Crippen LogP) is 3.57. The molecule has 0 aliphatic rings. The molecule has 172 valence electrons. The highest BCUT2D eigenvalue weighted by Gasteiger charge is 2.19. The Hall–Kier alpha value is -4.24. The Morgan fingerprint density at radius 1 is 0.853 bits per heavy atom. The van der Waals surface area contributed by atoms with Gasteiger partial charge in [0.2, 0.25) is 5.91 Å². The predicted molar refractivity (Wildman–Crippen MR) is 130 cm³/mol. The van der Waals surface area contributed by atoms with Crippen LogP contribution in [-0.2, 0) is 4.79 Å². The van der Waals surface area contributed by atoms with Gasteiger partial charge >= 0.3 is 0 Å². The van der Waals surface area contributed by atoms with Gasteiger partial charge in [0.25, 0.3) is 11.8 Å². The Labute approximate surface area is 200 Å². The van der Waals surface area contributed by atoms with Gasteiger partial charge in [0, 0.05) is 24.7 Å². The molecule has 2 aromatic carbocycles. The van der Waals surface area contributed by atoms with Crippen molar-refractivity contribution < 1.29 is 14.4 Å². The zero-order valence-electron chi connectivity index (χ0n) is 18.2. The quantitative estimate of drug-likeness (QED) is 0.269. The van der Waals surface area contributed by atoms with Crippen LogP contribution in [0.5, 0.6) is 0 Å². The molecule has 0 bridgehead atoms. The summed E-state index contributed by atoms with van der Waals surface area (Å²) in [6, 6.07) is 22.4. The number of hydrogen-bond donors (Lipinski definition) is 3. The van der Waals surface area contributed by atoms with Crippen molar-refractivity contribution in [3.63, 3.8) is 0 Å². The van der Waals surface area contributed by atoms with E-state index in [2.05, 4.69) is 21.3 Å². The molecule has 0 aliphatic heterocycles. The molecule has 2 aromatic heterocycles. The summed E-state index contributed by atoms with van der Waals surface area (Å²) in [5.74, 6) is -0.983. The van der Waals surface area contributed by atoms with Crippen molar-refractivity contribution in [1.29, 1.82) is 0 Å². The van der Waals surface area contributed by atoms with Crippen molar-refractivity contribution in [3.05, 3.63) is 94.8 Å². The summed E-state index contributed by atoms with van der Waals surface area (Å²) in [6.45, 7) is 0.361. The van der Waals surface area contributed by atoms with E-state index >= 15 is 0 Å². The number of benzene rings is 2. The monoisotopic (exact) mass is 473 g/mol. The van der Waals surface area contributed by atoms with Crippen LogP contribution in [0, 0.1) is 0 Å². The molecule has 9 heteroatoms. The van der Waals surface area contributed by atoms with Crippen molar-refractivity contribution in [3.8, 4) is 16.9 Å². The van der Waals surface area contributed by atoms with Crippen molar-refractivity contribution >= 4 is 29.1 Å². The number of nitrogens with zero attached hydrogens (tertiary/aromatic N) is 2. The Morgan fingerprint density at radius 2 is 1.59 bits per heavy atom. The number of para-hydroxylation sites is 1. The van der Waals surface area contributed by atoms with Crippen molar-refractivity contribution in [2.24, 2.45) is 0 Å². The summed E-state index contributed by atoms with van der Waals surface area (Å²) in [6.07, 6.45) is 2.24. The second-order valence-electron chi connectivity index (χ2n) is 7.38. The molecule has 0 saturated heterocycles. The third kappa shape index (κ3) is 5.76. The van der Waals surface area contributed by atoms with E-state index in [0.29, 0.717) is 29.1 Å². The fraction of sp³-hybridized carbons (Fsp3) is 0.120. The number of carbonyl (C=O) groups excluding carboxylic acids is 3. The number of nitrogens with one attached hydrogen (secondary N) is 3. The maximum absolute atomic E-state index is 12.9. The van der Waals surface area contributed by atoms with E-state index in [4.69, 9.17) is 0 Å². The first-order chi connectivity index (χ1) is 16.6. The normalized spacial score (nSPS) is 10.5. The molecular weight excluding hydrogens is 450 g/mol. The average molecular weight is 474 g/mol. The molecule has 4 rings (SSSR count). The molecule has 0 aliphatic carbocycles. The maximum atomic E-state index is 12.9. The second kappa shape index (κ2) is 11.1. The van der Waals surface area contributed by atoms with Gasteiger partial charge in [-0.15, -0.1) is 11.3 Å². The smallest absolute Gasteiger partial charge is 0.273 e. The molecule has 0 atom stereocenters. The third-order valence-corrected chi connectivity index (χ3v) is 5.82. The van der Waals surface area contributed by atoms with Gasteiger partial charge in [-0.1, -0.05) is 54.6 Å². The summed E-state index contributed by atoms with van der Waals surface area (Å²) in [5.41, 5.74) is 7.34. The molecule has 0 fully saturated rings. The molecule has 0 saturated carbocycles. The SMILES string of the molecule is O=C(CCCNC(=O)c1cccs1)NNC(=O)c1cn(-c2ccccc2)nc1-c1ccccc1. The Balaban J connectivity index is 1.35. The van der Waals surface area contributed by atoms with Gasteiger partial charge in [-0.3, -0.25) is 25.2 Å². The first kappa shape index (κ1) is 22.9. The zero-order chi connectivity index (χ0) is 23.8. The number of hydrogen-bond acceptors (Lipinski definition) is 5. The summed E-state index contributed by atoms with van der Waals surface area (Å²) in [4.78, 5) is 37.6. The lowest BCUT2D eigenvalue weighted by Crippen LogP contribution is -2.41. The first-order valence-corrected chi connectivity index (χ1v) is 11.6. The number of thiophene rings is 1. The first-order valence-electron chi connectivity index (χ1n) is 10.7. The van der Waals surface area contributed by atoms with Crippen LogP contribution in [0.1, 0.15) is 32.9 Å². The minimum atomic E-state index is -0.472. The van der Waals surface area contributed by atoms with Crippen LogP contribution in [-0.4, -0.2) is 34.0 Å². The minimum absolute atomic E-state index is 0.153. The van der Waals surface area contributed by atoms with Gasteiger partial charge in [-0.2, -0.15) is 5.10 Å². The van der Waals surface area contributed by atoms with Crippen LogP contribution in [0.15, 0.2) is 84.4 Å². The van der Waals surface area contributed by atoms with Crippen molar-refractivity contribution in [1.82, 2.24) is 25.9 Å². The molecule has 34 heavy (non-hydrogen) atoms. The lowest BCUT2D eigenvalue weighted by molar-refractivity contribution is -0.121. The van der Waals surface area contributed by atoms with Gasteiger partial charge < -0.3 is 5.32 Å². The lowest BCUT2D eigenvalue weighted by Gasteiger charge is -2.08. The van der Waals surface area contributed by atoms with Crippen LogP contribution >= 0.6 is 11.3 Å². The van der Waals surface area contributed by atoms with E-state index < -0.39 is 5.91 Å². The second-order valence-corrected chi connectivity index (χ2v) is 8.32. The van der Waals surface area contributed by atoms with Gasteiger partial charge in [0.15, 0.2) is 0 Å². The van der Waals surface area contributed by atoms with Gasteiger partial charge in [0.1, 0.15) is 5.69 Å². The van der Waals surface area contributed by atoms with E-state index in [1.165, 1.54) is 11.3 Å². The molecule has 3 N–H and O–H groups in total. The van der Waals surface area contributed by atoms with Crippen LogP contribution in [0.4, 0.5) is 0 Å². The lowest BCUT2D eigenvalue weighted by atomic mass is 10.1. The van der Waals surface area contributed by atoms with Gasteiger partial charge in [-0.25, -0.2) is 4.68 Å². The highest BCUT2D eigenvalue weighted by Crippen LogP contribution is 2.23. The van der Waals surface area contributed by atoms with Crippen LogP contribution < -0.4 is 16.2 Å². The van der Waals surface area contributed by atoms with Crippen molar-refractivity contribution in [2.45, 2.75) is 12.8 Å². The zero-order valence-corrected chi connectivity index (χ0v) is 19.0. The average Bonchev–Trinajstić information content (AvgIpc) is 3.57. The number of carbonyl (C=O) groups is 3. The molecule has 3 amide bonds. The number of rotatable bonds is 8. The van der Waals surface area contributed by atoms with Gasteiger partial charge in [-0.05, 0) is 30.0 Å².